The average Bonchev–Trinajstić information content (AvgIpc) is 3.57. The number of benzene rings is 4. The summed E-state index contributed by atoms with van der Waals surface area (Å²) in [6.07, 6.45) is 6.84. The lowest BCUT2D eigenvalue weighted by Crippen LogP contribution is -2.08. The minimum atomic E-state index is -1.50. The second kappa shape index (κ2) is 21.6. The van der Waals surface area contributed by atoms with Crippen LogP contribution in [0.4, 0.5) is 14.5 Å². The maximum Gasteiger partial charge on any atom is 0.291 e. The molecule has 2 aromatic heterocycles. The van der Waals surface area contributed by atoms with Crippen molar-refractivity contribution < 1.29 is 38.5 Å². The molecule has 65 heavy (non-hydrogen) atoms. The Morgan fingerprint density at radius 2 is 1.02 bits per heavy atom. The first kappa shape index (κ1) is 48.4. The molecule has 0 spiro atoms. The molecule has 16 heteroatoms. The Morgan fingerprint density at radius 3 is 1.42 bits per heavy atom. The number of hydrogen-bond donors (Lipinski definition) is 1. The first-order valence-electron chi connectivity index (χ1n) is 20.8. The molecule has 0 fully saturated rings. The second-order valence-electron chi connectivity index (χ2n) is 15.9. The Hall–Kier alpha value is -7.62. The molecule has 1 N–H and O–H groups in total. The van der Waals surface area contributed by atoms with Gasteiger partial charge < -0.3 is 5.21 Å². The first-order chi connectivity index (χ1) is 31.0. The smallest absolute Gasteiger partial charge is 0.291 e. The second-order valence-corrected chi connectivity index (χ2v) is 15.9. The van der Waals surface area contributed by atoms with Gasteiger partial charge in [0, 0.05) is 39.3 Å². The number of carbonyl (C=O) groups is 2. The van der Waals surface area contributed by atoms with Gasteiger partial charge in [-0.25, -0.2) is 8.78 Å². The summed E-state index contributed by atoms with van der Waals surface area (Å²) < 4.78 is 27.1. The van der Waals surface area contributed by atoms with E-state index in [4.69, 9.17) is 35.4 Å². The number of halogens is 2. The lowest BCUT2D eigenvalue weighted by Gasteiger charge is -2.20. The van der Waals surface area contributed by atoms with Crippen LogP contribution in [0.2, 0.25) is 0 Å². The Kier molecular flexibility index (Phi) is 16.1. The number of nitro groups is 2. The van der Waals surface area contributed by atoms with Gasteiger partial charge in [-0.05, 0) is 119 Å². The zero-order valence-corrected chi connectivity index (χ0v) is 36.4. The van der Waals surface area contributed by atoms with Crippen LogP contribution in [0, 0.1) is 42.0 Å². The van der Waals surface area contributed by atoms with Crippen molar-refractivity contribution in [2.45, 2.75) is 78.1 Å². The summed E-state index contributed by atoms with van der Waals surface area (Å²) in [6.45, 7) is 8.03. The Bertz CT molecular complexity index is 2720. The molecular weight excluding hydrogens is 841 g/mol. The molecule has 0 bridgehead atoms. The lowest BCUT2D eigenvalue weighted by atomic mass is 9.87. The van der Waals surface area contributed by atoms with Crippen molar-refractivity contribution in [3.63, 3.8) is 0 Å². The number of nitro benzene ring substituents is 1. The first-order valence-corrected chi connectivity index (χ1v) is 20.8. The molecule has 0 amide bonds. The van der Waals surface area contributed by atoms with Crippen LogP contribution >= 0.6 is 0 Å². The standard InChI is InChI=1S/C24H21FN2O3.C24H22FNO.CH3NO2.HNO3/c1-14(2)23-21(13-28)22(16-6-9-17(25)10-7-16)19-5-3-4-15-8-11-18(27(29)30)12-20(15)24(19)26-23;1-15(2)23-21(14-27)22(17-10-12-18(25)13-11-17)20-9-5-7-16-6-3-4-8-19(16)24(20)26-23;1-2(3)4;2-1(3)4/h6-14H,3-5H2,1-2H3;3-4,6,8,10-15H,5,7,9H2,1-2H3;1H3;(H,2,3,4). The summed E-state index contributed by atoms with van der Waals surface area (Å²) in [6, 6.07) is 25.8. The number of aromatic nitrogens is 2. The minimum absolute atomic E-state index is 0.0114. The number of carbonyl (C=O) groups excluding carboxylic acids is 2. The van der Waals surface area contributed by atoms with Crippen molar-refractivity contribution in [3.05, 3.63) is 178 Å². The van der Waals surface area contributed by atoms with Crippen LogP contribution in [-0.2, 0) is 25.7 Å². The van der Waals surface area contributed by atoms with Crippen LogP contribution in [-0.4, -0.2) is 49.7 Å². The molecular formula is C49H47F2N5O9. The number of hydrogen-bond acceptors (Lipinski definition) is 10. The van der Waals surface area contributed by atoms with E-state index in [2.05, 4.69) is 32.0 Å². The van der Waals surface area contributed by atoms with E-state index in [-0.39, 0.29) is 29.2 Å². The summed E-state index contributed by atoms with van der Waals surface area (Å²) in [4.78, 5) is 61.7. The van der Waals surface area contributed by atoms with Gasteiger partial charge in [-0.2, -0.15) is 0 Å². The van der Waals surface area contributed by atoms with E-state index in [0.29, 0.717) is 28.9 Å². The van der Waals surface area contributed by atoms with Gasteiger partial charge in [0.15, 0.2) is 19.6 Å². The Balaban J connectivity index is 0.000000211. The molecule has 8 rings (SSSR count). The fourth-order valence-electron chi connectivity index (χ4n) is 8.26. The quantitative estimate of drug-likeness (QED) is 0.0905. The fraction of sp³-hybridized carbons (Fsp3) is 0.265. The van der Waals surface area contributed by atoms with Crippen molar-refractivity contribution in [1.82, 2.24) is 9.97 Å². The summed E-state index contributed by atoms with van der Waals surface area (Å²) in [7, 11) is 0.889. The average molecular weight is 888 g/mol. The maximum atomic E-state index is 13.6. The van der Waals surface area contributed by atoms with E-state index in [0.717, 1.165) is 113 Å². The highest BCUT2D eigenvalue weighted by Crippen LogP contribution is 2.43. The zero-order valence-electron chi connectivity index (χ0n) is 36.4. The molecule has 336 valence electrons. The number of rotatable bonds is 7. The lowest BCUT2D eigenvalue weighted by molar-refractivity contribution is -0.742. The molecule has 4 aromatic carbocycles. The third-order valence-electron chi connectivity index (χ3n) is 10.9. The largest absolute Gasteiger partial charge is 0.328 e. The van der Waals surface area contributed by atoms with Gasteiger partial charge in [0.1, 0.15) is 11.6 Å². The molecule has 0 saturated heterocycles. The number of non-ortho nitro benzene ring substituents is 1. The molecule has 0 aliphatic heterocycles. The normalized spacial score (nSPS) is 12.1. The van der Waals surface area contributed by atoms with Crippen LogP contribution in [0.25, 0.3) is 44.8 Å². The summed E-state index contributed by atoms with van der Waals surface area (Å²) in [5, 5.41) is 33.8. The van der Waals surface area contributed by atoms with Gasteiger partial charge >= 0.3 is 0 Å². The van der Waals surface area contributed by atoms with Gasteiger partial charge in [0.25, 0.3) is 10.8 Å². The van der Waals surface area contributed by atoms with Crippen LogP contribution in [0.3, 0.4) is 0 Å². The number of pyridine rings is 2. The number of nitrogens with zero attached hydrogens (tertiary/aromatic N) is 5. The summed E-state index contributed by atoms with van der Waals surface area (Å²) in [5.74, 6) is -0.539. The van der Waals surface area contributed by atoms with Crippen molar-refractivity contribution >= 4 is 18.3 Å². The Morgan fingerprint density at radius 1 is 0.615 bits per heavy atom. The molecule has 0 unspecified atom stereocenters. The van der Waals surface area contributed by atoms with E-state index in [1.807, 2.05) is 19.9 Å². The van der Waals surface area contributed by atoms with Gasteiger partial charge in [-0.15, -0.1) is 10.1 Å². The topological polar surface area (TPSA) is 210 Å². The van der Waals surface area contributed by atoms with Gasteiger partial charge in [0.05, 0.1) is 27.7 Å². The van der Waals surface area contributed by atoms with Crippen LogP contribution in [0.15, 0.2) is 91.0 Å². The van der Waals surface area contributed by atoms with Gasteiger partial charge in [-0.1, -0.05) is 82.3 Å². The zero-order chi connectivity index (χ0) is 47.5. The van der Waals surface area contributed by atoms with Crippen molar-refractivity contribution in [2.24, 2.45) is 0 Å². The van der Waals surface area contributed by atoms with E-state index >= 15 is 0 Å². The molecule has 2 heterocycles. The number of fused-ring (bicyclic) bond motifs is 6. The summed E-state index contributed by atoms with van der Waals surface area (Å²) >= 11 is 0. The maximum absolute atomic E-state index is 13.6. The SMILES string of the molecule is CC(C)c1nc2c(c(-c3ccc(F)cc3)c1C=O)CCCc1ccc([N+](=O)[O-])cc1-2.CC(C)c1nc2c(c(-c3ccc(F)cc3)c1C=O)CCCc1ccccc1-2.C[N+](=O)[O-].O=[N+]([O-])O. The van der Waals surface area contributed by atoms with E-state index < -0.39 is 14.9 Å². The monoisotopic (exact) mass is 887 g/mol. The predicted molar refractivity (Wildman–Crippen MR) is 241 cm³/mol. The van der Waals surface area contributed by atoms with Crippen molar-refractivity contribution in [1.29, 1.82) is 0 Å². The van der Waals surface area contributed by atoms with Crippen molar-refractivity contribution in [3.8, 4) is 44.8 Å². The third kappa shape index (κ3) is 11.5. The summed E-state index contributed by atoms with van der Waals surface area (Å²) in [5.41, 5.74) is 13.7. The third-order valence-corrected chi connectivity index (χ3v) is 10.9. The molecule has 2 aliphatic carbocycles. The van der Waals surface area contributed by atoms with E-state index in [9.17, 15) is 28.5 Å². The van der Waals surface area contributed by atoms with Crippen molar-refractivity contribution in [2.75, 3.05) is 7.05 Å². The van der Waals surface area contributed by atoms with Crippen LogP contribution < -0.4 is 0 Å². The molecule has 0 atom stereocenters. The highest BCUT2D eigenvalue weighted by Gasteiger charge is 2.28. The van der Waals surface area contributed by atoms with Gasteiger partial charge in [-0.3, -0.25) is 39.8 Å². The minimum Gasteiger partial charge on any atom is -0.328 e. The number of aryl methyl sites for hydroxylation is 2. The molecule has 14 nitrogen and oxygen atoms in total. The fourth-order valence-corrected chi connectivity index (χ4v) is 8.26. The van der Waals surface area contributed by atoms with Gasteiger partial charge in [0.2, 0.25) is 0 Å². The van der Waals surface area contributed by atoms with E-state index in [1.165, 1.54) is 35.9 Å². The molecule has 2 aliphatic rings. The molecule has 0 saturated carbocycles. The van der Waals surface area contributed by atoms with Crippen LogP contribution in [0.5, 0.6) is 0 Å². The molecule has 6 aromatic rings. The number of aldehydes is 2. The Labute approximate surface area is 373 Å². The predicted octanol–water partition coefficient (Wildman–Crippen LogP) is 11.4. The highest BCUT2D eigenvalue weighted by atomic mass is 19.1. The highest BCUT2D eigenvalue weighted by molar-refractivity contribution is 5.95. The van der Waals surface area contributed by atoms with E-state index in [1.54, 1.807) is 36.4 Å². The molecule has 0 radical (unpaired) electrons. The van der Waals surface area contributed by atoms with Crippen LogP contribution in [0.1, 0.15) is 107 Å².